The average molecular weight is 215 g/mol. The van der Waals surface area contributed by atoms with Crippen LogP contribution in [-0.4, -0.2) is 39.0 Å². The molecule has 0 aliphatic carbocycles. The van der Waals surface area contributed by atoms with Gasteiger partial charge in [0.25, 0.3) is 0 Å². The van der Waals surface area contributed by atoms with E-state index in [0.29, 0.717) is 18.1 Å². The molecule has 0 saturated carbocycles. The van der Waals surface area contributed by atoms with Crippen LogP contribution in [0, 0.1) is 5.92 Å². The molecule has 1 aliphatic rings. The first-order chi connectivity index (χ1) is 7.22. The molecule has 0 bridgehead atoms. The minimum atomic E-state index is 0.357. The van der Waals surface area contributed by atoms with Crippen molar-refractivity contribution in [2.45, 2.75) is 45.3 Å². The van der Waals surface area contributed by atoms with Crippen molar-refractivity contribution in [1.29, 1.82) is 0 Å². The van der Waals surface area contributed by atoms with Crippen molar-refractivity contribution >= 4 is 0 Å². The highest BCUT2D eigenvalue weighted by atomic mass is 16.5. The second kappa shape index (κ2) is 7.20. The third-order valence-corrected chi connectivity index (χ3v) is 3.14. The van der Waals surface area contributed by atoms with Crippen molar-refractivity contribution in [3.05, 3.63) is 0 Å². The summed E-state index contributed by atoms with van der Waals surface area (Å²) in [4.78, 5) is 0. The number of hydrogen-bond acceptors (Lipinski definition) is 3. The lowest BCUT2D eigenvalue weighted by Gasteiger charge is -2.24. The van der Waals surface area contributed by atoms with Gasteiger partial charge in [0.15, 0.2) is 0 Å². The molecule has 0 aromatic carbocycles. The van der Waals surface area contributed by atoms with E-state index in [1.807, 2.05) is 7.05 Å². The van der Waals surface area contributed by atoms with Gasteiger partial charge in [0, 0.05) is 25.9 Å². The van der Waals surface area contributed by atoms with Crippen LogP contribution in [0.25, 0.3) is 0 Å². The molecule has 1 fully saturated rings. The van der Waals surface area contributed by atoms with Crippen molar-refractivity contribution < 1.29 is 9.47 Å². The Kier molecular flexibility index (Phi) is 6.22. The van der Waals surface area contributed by atoms with Gasteiger partial charge in [-0.25, -0.2) is 0 Å². The molecule has 3 nitrogen and oxygen atoms in total. The molecular formula is C12H25NO2. The Morgan fingerprint density at radius 2 is 2.00 bits per heavy atom. The van der Waals surface area contributed by atoms with E-state index >= 15 is 0 Å². The zero-order chi connectivity index (χ0) is 11.1. The summed E-state index contributed by atoms with van der Waals surface area (Å²) in [6, 6.07) is 0.537. The summed E-state index contributed by atoms with van der Waals surface area (Å²) in [5, 5.41) is 3.23. The number of nitrogens with one attached hydrogen (secondary N) is 1. The standard InChI is InChI=1S/C12H25NO2/c1-10(13-3)8-11(2)15-9-12-4-6-14-7-5-12/h10-13H,4-9H2,1-3H3. The Morgan fingerprint density at radius 3 is 2.60 bits per heavy atom. The average Bonchev–Trinajstić information content (AvgIpc) is 2.27. The van der Waals surface area contributed by atoms with Gasteiger partial charge in [0.1, 0.15) is 0 Å². The van der Waals surface area contributed by atoms with Crippen LogP contribution in [0.1, 0.15) is 33.1 Å². The normalized spacial score (nSPS) is 22.6. The van der Waals surface area contributed by atoms with Gasteiger partial charge in [-0.2, -0.15) is 0 Å². The van der Waals surface area contributed by atoms with E-state index in [9.17, 15) is 0 Å². The van der Waals surface area contributed by atoms with Crippen molar-refractivity contribution in [3.8, 4) is 0 Å². The molecule has 1 saturated heterocycles. The van der Waals surface area contributed by atoms with Crippen LogP contribution in [0.15, 0.2) is 0 Å². The van der Waals surface area contributed by atoms with E-state index in [-0.39, 0.29) is 0 Å². The van der Waals surface area contributed by atoms with Gasteiger partial charge in [-0.3, -0.25) is 0 Å². The molecule has 3 heteroatoms. The molecule has 15 heavy (non-hydrogen) atoms. The minimum Gasteiger partial charge on any atom is -0.381 e. The maximum Gasteiger partial charge on any atom is 0.0561 e. The first-order valence-electron chi connectivity index (χ1n) is 6.09. The molecule has 2 unspecified atom stereocenters. The second-order valence-electron chi connectivity index (χ2n) is 4.63. The van der Waals surface area contributed by atoms with E-state index in [2.05, 4.69) is 19.2 Å². The molecule has 1 N–H and O–H groups in total. The summed E-state index contributed by atoms with van der Waals surface area (Å²) in [5.41, 5.74) is 0. The first-order valence-corrected chi connectivity index (χ1v) is 6.09. The predicted octanol–water partition coefficient (Wildman–Crippen LogP) is 1.82. The predicted molar refractivity (Wildman–Crippen MR) is 62.1 cm³/mol. The number of ether oxygens (including phenoxy) is 2. The molecule has 2 atom stereocenters. The van der Waals surface area contributed by atoms with Crippen LogP contribution in [0.5, 0.6) is 0 Å². The highest BCUT2D eigenvalue weighted by Crippen LogP contribution is 2.16. The molecule has 0 spiro atoms. The number of rotatable bonds is 6. The fourth-order valence-corrected chi connectivity index (χ4v) is 1.90. The third kappa shape index (κ3) is 5.50. The van der Waals surface area contributed by atoms with Crippen molar-refractivity contribution in [1.82, 2.24) is 5.32 Å². The van der Waals surface area contributed by atoms with E-state index in [1.165, 1.54) is 0 Å². The lowest BCUT2D eigenvalue weighted by Crippen LogP contribution is -2.28. The van der Waals surface area contributed by atoms with Gasteiger partial charge in [-0.05, 0) is 46.1 Å². The van der Waals surface area contributed by atoms with E-state index < -0.39 is 0 Å². The highest BCUT2D eigenvalue weighted by molar-refractivity contribution is 4.66. The highest BCUT2D eigenvalue weighted by Gasteiger charge is 2.15. The Balaban J connectivity index is 2.07. The van der Waals surface area contributed by atoms with Crippen molar-refractivity contribution in [2.75, 3.05) is 26.9 Å². The smallest absolute Gasteiger partial charge is 0.0561 e. The van der Waals surface area contributed by atoms with Crippen LogP contribution in [0.4, 0.5) is 0 Å². The molecule has 0 aromatic rings. The molecule has 0 amide bonds. The first kappa shape index (κ1) is 12.9. The Hall–Kier alpha value is -0.120. The largest absolute Gasteiger partial charge is 0.381 e. The third-order valence-electron chi connectivity index (χ3n) is 3.14. The summed E-state index contributed by atoms with van der Waals surface area (Å²) >= 11 is 0. The van der Waals surface area contributed by atoms with Crippen molar-refractivity contribution in [2.24, 2.45) is 5.92 Å². The van der Waals surface area contributed by atoms with Gasteiger partial charge in [0.2, 0.25) is 0 Å². The lowest BCUT2D eigenvalue weighted by molar-refractivity contribution is -0.00933. The zero-order valence-electron chi connectivity index (χ0n) is 10.3. The van der Waals surface area contributed by atoms with Gasteiger partial charge < -0.3 is 14.8 Å². The van der Waals surface area contributed by atoms with Gasteiger partial charge in [0.05, 0.1) is 6.10 Å². The Morgan fingerprint density at radius 1 is 1.33 bits per heavy atom. The van der Waals surface area contributed by atoms with E-state index in [1.54, 1.807) is 0 Å². The molecule has 1 rings (SSSR count). The second-order valence-corrected chi connectivity index (χ2v) is 4.63. The van der Waals surface area contributed by atoms with Crippen LogP contribution in [-0.2, 0) is 9.47 Å². The maximum atomic E-state index is 5.86. The van der Waals surface area contributed by atoms with E-state index in [4.69, 9.17) is 9.47 Å². The van der Waals surface area contributed by atoms with E-state index in [0.717, 1.165) is 39.1 Å². The lowest BCUT2D eigenvalue weighted by atomic mass is 10.0. The van der Waals surface area contributed by atoms with Crippen molar-refractivity contribution in [3.63, 3.8) is 0 Å². The van der Waals surface area contributed by atoms with Crippen LogP contribution in [0.3, 0.4) is 0 Å². The summed E-state index contributed by atoms with van der Waals surface area (Å²) in [5.74, 6) is 0.714. The number of hydrogen-bond donors (Lipinski definition) is 1. The van der Waals surface area contributed by atoms with Crippen LogP contribution < -0.4 is 5.32 Å². The van der Waals surface area contributed by atoms with Gasteiger partial charge in [-0.15, -0.1) is 0 Å². The zero-order valence-corrected chi connectivity index (χ0v) is 10.3. The summed E-state index contributed by atoms with van der Waals surface area (Å²) < 4.78 is 11.2. The summed E-state index contributed by atoms with van der Waals surface area (Å²) in [6.07, 6.45) is 3.76. The van der Waals surface area contributed by atoms with Crippen LogP contribution in [0.2, 0.25) is 0 Å². The topological polar surface area (TPSA) is 30.5 Å². The Labute approximate surface area is 93.5 Å². The summed E-state index contributed by atoms with van der Waals surface area (Å²) in [6.45, 7) is 7.08. The molecule has 1 aliphatic heterocycles. The van der Waals surface area contributed by atoms with Crippen LogP contribution >= 0.6 is 0 Å². The Bertz CT molecular complexity index is 158. The van der Waals surface area contributed by atoms with Gasteiger partial charge in [-0.1, -0.05) is 0 Å². The molecule has 0 aromatic heterocycles. The van der Waals surface area contributed by atoms with Gasteiger partial charge >= 0.3 is 0 Å². The molecule has 0 radical (unpaired) electrons. The quantitative estimate of drug-likeness (QED) is 0.733. The maximum absolute atomic E-state index is 5.86. The molecule has 1 heterocycles. The minimum absolute atomic E-state index is 0.357. The fraction of sp³-hybridized carbons (Fsp3) is 1.00. The molecular weight excluding hydrogens is 190 g/mol. The fourth-order valence-electron chi connectivity index (χ4n) is 1.90. The monoisotopic (exact) mass is 215 g/mol. The summed E-state index contributed by atoms with van der Waals surface area (Å²) in [7, 11) is 2.00. The molecule has 90 valence electrons. The SMILES string of the molecule is CNC(C)CC(C)OCC1CCOCC1.